The fourth-order valence-electron chi connectivity index (χ4n) is 4.18. The van der Waals surface area contributed by atoms with Crippen molar-refractivity contribution in [2.75, 3.05) is 43.2 Å². The molecule has 2 aromatic heterocycles. The maximum Gasteiger partial charge on any atom is 0.228 e. The van der Waals surface area contributed by atoms with Crippen LogP contribution < -0.4 is 15.1 Å². The molecule has 1 aromatic carbocycles. The molecule has 0 unspecified atom stereocenters. The van der Waals surface area contributed by atoms with Gasteiger partial charge in [0.1, 0.15) is 23.3 Å². The molecule has 2 fully saturated rings. The standard InChI is InChI=1S/C25H28ClF2N7OS/c1-14-12-35(13-20(36-14)15(10-29)11-30-17-4-5-17)24-31-21(18-6-3-16(26)9-19(18)28)22-23(32-24)33-25(37-22)34(2)8-7-27/h3,6,9-11,14,17,20,29-30H,4-5,7-8,12-13H2,1-2H3/b15-11+,29-10?/t14-,20+/m0/s1. The largest absolute Gasteiger partial charge is 0.388 e. The van der Waals surface area contributed by atoms with Crippen molar-refractivity contribution in [3.8, 4) is 11.3 Å². The first-order valence-corrected chi connectivity index (χ1v) is 13.3. The quantitative estimate of drug-likeness (QED) is 0.371. The number of benzene rings is 1. The predicted octanol–water partition coefficient (Wildman–Crippen LogP) is 4.83. The summed E-state index contributed by atoms with van der Waals surface area (Å²) in [6.45, 7) is 2.56. The molecule has 2 aliphatic rings. The zero-order chi connectivity index (χ0) is 26.1. The normalized spacial score (nSPS) is 20.4. The number of rotatable bonds is 9. The van der Waals surface area contributed by atoms with Gasteiger partial charge in [-0.15, -0.1) is 0 Å². The van der Waals surface area contributed by atoms with Crippen LogP contribution in [-0.4, -0.2) is 72.8 Å². The number of thiazole rings is 1. The molecule has 196 valence electrons. The van der Waals surface area contributed by atoms with Crippen molar-refractivity contribution in [1.82, 2.24) is 20.3 Å². The van der Waals surface area contributed by atoms with Crippen LogP contribution in [0.1, 0.15) is 19.8 Å². The van der Waals surface area contributed by atoms with Gasteiger partial charge in [0.2, 0.25) is 5.95 Å². The van der Waals surface area contributed by atoms with E-state index in [1.165, 1.54) is 23.6 Å². The summed E-state index contributed by atoms with van der Waals surface area (Å²) in [5.41, 5.74) is 1.83. The lowest BCUT2D eigenvalue weighted by molar-refractivity contribution is 0.00652. The molecule has 1 aliphatic heterocycles. The van der Waals surface area contributed by atoms with Crippen LogP contribution in [0.5, 0.6) is 0 Å². The van der Waals surface area contributed by atoms with Gasteiger partial charge < -0.3 is 25.3 Å². The number of anilines is 2. The molecule has 0 bridgehead atoms. The zero-order valence-electron chi connectivity index (χ0n) is 20.5. The first kappa shape index (κ1) is 25.7. The van der Waals surface area contributed by atoms with E-state index in [0.29, 0.717) is 46.3 Å². The Bertz CT molecular complexity index is 1330. The minimum atomic E-state index is -0.520. The van der Waals surface area contributed by atoms with Crippen molar-refractivity contribution < 1.29 is 13.5 Å². The molecule has 1 saturated heterocycles. The van der Waals surface area contributed by atoms with Gasteiger partial charge in [-0.2, -0.15) is 9.97 Å². The zero-order valence-corrected chi connectivity index (χ0v) is 22.1. The van der Waals surface area contributed by atoms with Crippen molar-refractivity contribution >= 4 is 50.6 Å². The van der Waals surface area contributed by atoms with Gasteiger partial charge in [-0.3, -0.25) is 0 Å². The third kappa shape index (κ3) is 5.68. The van der Waals surface area contributed by atoms with E-state index < -0.39 is 12.5 Å². The van der Waals surface area contributed by atoms with Crippen LogP contribution >= 0.6 is 22.9 Å². The van der Waals surface area contributed by atoms with Crippen LogP contribution in [0.25, 0.3) is 21.6 Å². The summed E-state index contributed by atoms with van der Waals surface area (Å²) < 4.78 is 34.8. The van der Waals surface area contributed by atoms with Gasteiger partial charge in [-0.05, 0) is 38.0 Å². The van der Waals surface area contributed by atoms with E-state index in [9.17, 15) is 4.39 Å². The summed E-state index contributed by atoms with van der Waals surface area (Å²) in [6.07, 6.45) is 4.91. The van der Waals surface area contributed by atoms with Gasteiger partial charge in [0, 0.05) is 54.8 Å². The Hall–Kier alpha value is -2.89. The van der Waals surface area contributed by atoms with Crippen molar-refractivity contribution in [1.29, 1.82) is 5.41 Å². The van der Waals surface area contributed by atoms with E-state index in [2.05, 4.69) is 10.3 Å². The molecule has 0 spiro atoms. The fraction of sp³-hybridized carbons (Fsp3) is 0.440. The molecule has 1 saturated carbocycles. The number of halogens is 3. The molecule has 2 N–H and O–H groups in total. The summed E-state index contributed by atoms with van der Waals surface area (Å²) in [5, 5.41) is 12.1. The lowest BCUT2D eigenvalue weighted by Gasteiger charge is -2.37. The summed E-state index contributed by atoms with van der Waals surface area (Å²) in [6, 6.07) is 4.93. The summed E-state index contributed by atoms with van der Waals surface area (Å²) in [5.74, 6) is -0.111. The van der Waals surface area contributed by atoms with Gasteiger partial charge in [0.15, 0.2) is 10.8 Å². The molecule has 5 rings (SSSR count). The molecule has 37 heavy (non-hydrogen) atoms. The SMILES string of the molecule is C[C@H]1CN(c2nc(-c3ccc(Cl)cc3F)c3sc(N(C)CCF)nc3n2)C[C@H](/C(C=N)=C/NC2CC2)O1. The Kier molecular flexibility index (Phi) is 7.55. The Balaban J connectivity index is 1.56. The number of nitrogens with zero attached hydrogens (tertiary/aromatic N) is 5. The highest BCUT2D eigenvalue weighted by Gasteiger charge is 2.31. The molecule has 8 nitrogen and oxygen atoms in total. The van der Waals surface area contributed by atoms with Gasteiger partial charge in [0.25, 0.3) is 0 Å². The smallest absolute Gasteiger partial charge is 0.228 e. The van der Waals surface area contributed by atoms with E-state index >= 15 is 4.39 Å². The van der Waals surface area contributed by atoms with E-state index in [-0.39, 0.29) is 29.3 Å². The Morgan fingerprint density at radius 2 is 2.14 bits per heavy atom. The van der Waals surface area contributed by atoms with Gasteiger partial charge in [-0.1, -0.05) is 22.9 Å². The van der Waals surface area contributed by atoms with E-state index in [1.54, 1.807) is 24.1 Å². The topological polar surface area (TPSA) is 90.3 Å². The maximum absolute atomic E-state index is 15.1. The highest BCUT2D eigenvalue weighted by molar-refractivity contribution is 7.22. The van der Waals surface area contributed by atoms with Crippen LogP contribution in [0, 0.1) is 11.2 Å². The highest BCUT2D eigenvalue weighted by Crippen LogP contribution is 2.37. The Labute approximate surface area is 222 Å². The van der Waals surface area contributed by atoms with E-state index in [1.807, 2.05) is 18.0 Å². The molecule has 0 radical (unpaired) electrons. The van der Waals surface area contributed by atoms with Crippen LogP contribution in [0.2, 0.25) is 5.02 Å². The monoisotopic (exact) mass is 547 g/mol. The molecule has 12 heteroatoms. The summed E-state index contributed by atoms with van der Waals surface area (Å²) >= 11 is 7.30. The van der Waals surface area contributed by atoms with Crippen molar-refractivity contribution in [2.45, 2.75) is 38.0 Å². The third-order valence-electron chi connectivity index (χ3n) is 6.31. The fourth-order valence-corrected chi connectivity index (χ4v) is 5.34. The second-order valence-electron chi connectivity index (χ2n) is 9.33. The van der Waals surface area contributed by atoms with Gasteiger partial charge in [0.05, 0.1) is 18.3 Å². The molecule has 1 aliphatic carbocycles. The van der Waals surface area contributed by atoms with Crippen LogP contribution in [-0.2, 0) is 4.74 Å². The van der Waals surface area contributed by atoms with E-state index in [4.69, 9.17) is 31.7 Å². The van der Waals surface area contributed by atoms with Crippen molar-refractivity contribution in [3.63, 3.8) is 0 Å². The predicted molar refractivity (Wildman–Crippen MR) is 144 cm³/mol. The number of morpholine rings is 1. The first-order chi connectivity index (χ1) is 17.9. The Morgan fingerprint density at radius 3 is 2.84 bits per heavy atom. The molecule has 0 amide bonds. The van der Waals surface area contributed by atoms with Gasteiger partial charge >= 0.3 is 0 Å². The highest BCUT2D eigenvalue weighted by atomic mass is 35.5. The second-order valence-corrected chi connectivity index (χ2v) is 10.7. The average molecular weight is 548 g/mol. The van der Waals surface area contributed by atoms with Crippen LogP contribution in [0.3, 0.4) is 0 Å². The molecule has 3 heterocycles. The minimum absolute atomic E-state index is 0.153. The number of hydrogen-bond donors (Lipinski definition) is 2. The average Bonchev–Trinajstić information content (AvgIpc) is 3.59. The number of nitrogens with one attached hydrogen (secondary N) is 2. The second kappa shape index (κ2) is 10.8. The first-order valence-electron chi connectivity index (χ1n) is 12.1. The van der Waals surface area contributed by atoms with Gasteiger partial charge in [-0.25, -0.2) is 13.8 Å². The van der Waals surface area contributed by atoms with Crippen LogP contribution in [0.15, 0.2) is 30.0 Å². The number of aromatic nitrogens is 3. The number of ether oxygens (including phenoxy) is 1. The van der Waals surface area contributed by atoms with Crippen LogP contribution in [0.4, 0.5) is 19.9 Å². The number of hydrogen-bond acceptors (Lipinski definition) is 9. The third-order valence-corrected chi connectivity index (χ3v) is 7.71. The number of fused-ring (bicyclic) bond motifs is 1. The maximum atomic E-state index is 15.1. The molecule has 2 atom stereocenters. The molecular formula is C25H28ClF2N7OS. The molecule has 3 aromatic rings. The minimum Gasteiger partial charge on any atom is -0.388 e. The molecular weight excluding hydrogens is 520 g/mol. The summed E-state index contributed by atoms with van der Waals surface area (Å²) in [7, 11) is 1.75. The number of alkyl halides is 1. The Morgan fingerprint density at radius 1 is 1.32 bits per heavy atom. The lowest BCUT2D eigenvalue weighted by Crippen LogP contribution is -2.48. The summed E-state index contributed by atoms with van der Waals surface area (Å²) in [4.78, 5) is 17.8. The van der Waals surface area contributed by atoms with Crippen molar-refractivity contribution in [3.05, 3.63) is 40.8 Å². The van der Waals surface area contributed by atoms with E-state index in [0.717, 1.165) is 18.4 Å². The van der Waals surface area contributed by atoms with Crippen molar-refractivity contribution in [2.24, 2.45) is 0 Å². The lowest BCUT2D eigenvalue weighted by atomic mass is 10.1.